The van der Waals surface area contributed by atoms with Crippen molar-refractivity contribution >= 4 is 17.7 Å². The van der Waals surface area contributed by atoms with Crippen LogP contribution in [-0.2, 0) is 22.6 Å². The highest BCUT2D eigenvalue weighted by Gasteiger charge is 2.35. The Morgan fingerprint density at radius 3 is 2.51 bits per heavy atom. The van der Waals surface area contributed by atoms with Gasteiger partial charge in [-0.05, 0) is 66.1 Å². The third-order valence-electron chi connectivity index (χ3n) is 5.78. The largest absolute Gasteiger partial charge is 0.478 e. The zero-order valence-corrected chi connectivity index (χ0v) is 21.2. The van der Waals surface area contributed by atoms with E-state index >= 15 is 0 Å². The number of carboxylic acid groups (broad SMARTS) is 1. The standard InChI is InChI=1S/C27H32F2N2O3S/c1-4-35-26-25(27(32)33)19(2)15-24(31(26)18-21-7-5-8-23(29)16-21)30(13-6-14-34-3)17-20-9-11-22(28)12-10-20/h5,7-12,15-16,26H,4,6,13-14,17-18H2,1-3H3,(H,32,33). The summed E-state index contributed by atoms with van der Waals surface area (Å²) in [6.07, 6.45) is 2.65. The molecule has 0 spiro atoms. The highest BCUT2D eigenvalue weighted by Crippen LogP contribution is 2.37. The molecule has 2 aromatic rings. The lowest BCUT2D eigenvalue weighted by molar-refractivity contribution is -0.133. The van der Waals surface area contributed by atoms with Gasteiger partial charge in [0.2, 0.25) is 0 Å². The molecule has 0 saturated carbocycles. The van der Waals surface area contributed by atoms with Crippen molar-refractivity contribution in [1.29, 1.82) is 0 Å². The van der Waals surface area contributed by atoms with E-state index in [0.717, 1.165) is 23.4 Å². The van der Waals surface area contributed by atoms with E-state index in [4.69, 9.17) is 4.74 Å². The molecule has 3 rings (SSSR count). The maximum absolute atomic E-state index is 14.0. The van der Waals surface area contributed by atoms with E-state index in [-0.39, 0.29) is 11.6 Å². The number of carboxylic acids is 1. The highest BCUT2D eigenvalue weighted by atomic mass is 32.2. The number of hydrogen-bond donors (Lipinski definition) is 1. The fourth-order valence-electron chi connectivity index (χ4n) is 4.18. The van der Waals surface area contributed by atoms with Crippen molar-refractivity contribution in [3.63, 3.8) is 0 Å². The summed E-state index contributed by atoms with van der Waals surface area (Å²) in [5.74, 6) is -0.0316. The van der Waals surface area contributed by atoms with Crippen LogP contribution >= 0.6 is 11.8 Å². The summed E-state index contributed by atoms with van der Waals surface area (Å²) in [5, 5.41) is 9.59. The zero-order chi connectivity index (χ0) is 25.4. The molecule has 1 unspecified atom stereocenters. The minimum atomic E-state index is -0.961. The van der Waals surface area contributed by atoms with Gasteiger partial charge in [-0.15, -0.1) is 11.8 Å². The van der Waals surface area contributed by atoms with Crippen LogP contribution in [0.25, 0.3) is 0 Å². The Labute approximate surface area is 210 Å². The number of allylic oxidation sites excluding steroid dienone is 2. The Kier molecular flexibility index (Phi) is 9.74. The maximum Gasteiger partial charge on any atom is 0.334 e. The van der Waals surface area contributed by atoms with Crippen LogP contribution < -0.4 is 0 Å². The van der Waals surface area contributed by atoms with E-state index in [0.29, 0.717) is 43.1 Å². The molecule has 1 aliphatic heterocycles. The van der Waals surface area contributed by atoms with Gasteiger partial charge in [0.1, 0.15) is 22.8 Å². The quantitative estimate of drug-likeness (QED) is 0.379. The van der Waals surface area contributed by atoms with Gasteiger partial charge in [-0.1, -0.05) is 31.2 Å². The van der Waals surface area contributed by atoms with E-state index in [1.54, 1.807) is 25.3 Å². The Balaban J connectivity index is 2.07. The van der Waals surface area contributed by atoms with E-state index in [9.17, 15) is 18.7 Å². The van der Waals surface area contributed by atoms with Gasteiger partial charge in [0.05, 0.1) is 5.57 Å². The van der Waals surface area contributed by atoms with Gasteiger partial charge in [0, 0.05) is 33.4 Å². The molecule has 5 nitrogen and oxygen atoms in total. The first-order chi connectivity index (χ1) is 16.8. The molecule has 1 atom stereocenters. The number of nitrogens with zero attached hydrogens (tertiary/aromatic N) is 2. The van der Waals surface area contributed by atoms with Crippen molar-refractivity contribution in [3.8, 4) is 0 Å². The molecule has 8 heteroatoms. The minimum Gasteiger partial charge on any atom is -0.478 e. The summed E-state index contributed by atoms with van der Waals surface area (Å²) in [7, 11) is 1.65. The number of carbonyl (C=O) groups is 1. The van der Waals surface area contributed by atoms with Crippen LogP contribution in [0.15, 0.2) is 71.6 Å². The number of thioether (sulfide) groups is 1. The van der Waals surface area contributed by atoms with E-state index in [1.807, 2.05) is 30.9 Å². The molecule has 0 saturated heterocycles. The summed E-state index contributed by atoms with van der Waals surface area (Å²) in [6.45, 7) is 5.88. The summed E-state index contributed by atoms with van der Waals surface area (Å²) in [4.78, 5) is 16.5. The number of hydrogen-bond acceptors (Lipinski definition) is 5. The van der Waals surface area contributed by atoms with E-state index in [2.05, 4.69) is 4.90 Å². The first-order valence-corrected chi connectivity index (χ1v) is 12.7. The van der Waals surface area contributed by atoms with Crippen LogP contribution in [0.1, 0.15) is 31.4 Å². The fraction of sp³-hybridized carbons (Fsp3) is 0.370. The first kappa shape index (κ1) is 26.8. The normalized spacial score (nSPS) is 15.9. The van der Waals surface area contributed by atoms with Crippen LogP contribution in [0.3, 0.4) is 0 Å². The average molecular weight is 503 g/mol. The second kappa shape index (κ2) is 12.7. The minimum absolute atomic E-state index is 0.298. The Hall–Kier alpha value is -2.84. The zero-order valence-electron chi connectivity index (χ0n) is 20.3. The molecule has 0 fully saturated rings. The summed E-state index contributed by atoms with van der Waals surface area (Å²) in [5.41, 5.74) is 2.70. The van der Waals surface area contributed by atoms with Gasteiger partial charge in [-0.25, -0.2) is 13.6 Å². The van der Waals surface area contributed by atoms with Crippen molar-refractivity contribution < 1.29 is 23.4 Å². The summed E-state index contributed by atoms with van der Waals surface area (Å²) < 4.78 is 32.8. The van der Waals surface area contributed by atoms with Crippen molar-refractivity contribution in [2.45, 2.75) is 38.7 Å². The predicted octanol–water partition coefficient (Wildman–Crippen LogP) is 5.64. The molecule has 0 bridgehead atoms. The molecule has 0 radical (unpaired) electrons. The maximum atomic E-state index is 14.0. The van der Waals surface area contributed by atoms with Crippen LogP contribution in [0.4, 0.5) is 8.78 Å². The van der Waals surface area contributed by atoms with Gasteiger partial charge < -0.3 is 19.6 Å². The molecule has 1 heterocycles. The first-order valence-electron chi connectivity index (χ1n) is 11.6. The van der Waals surface area contributed by atoms with E-state index in [1.165, 1.54) is 36.0 Å². The number of aliphatic carboxylic acids is 1. The molecular formula is C27H32F2N2O3S. The fourth-order valence-corrected chi connectivity index (χ4v) is 5.32. The number of halogens is 2. The predicted molar refractivity (Wildman–Crippen MR) is 136 cm³/mol. The molecule has 1 N–H and O–H groups in total. The van der Waals surface area contributed by atoms with Gasteiger partial charge in [-0.2, -0.15) is 0 Å². The average Bonchev–Trinajstić information content (AvgIpc) is 2.81. The number of benzene rings is 2. The van der Waals surface area contributed by atoms with Gasteiger partial charge >= 0.3 is 5.97 Å². The Morgan fingerprint density at radius 1 is 1.14 bits per heavy atom. The second-order valence-electron chi connectivity index (χ2n) is 8.36. The molecular weight excluding hydrogens is 470 g/mol. The third kappa shape index (κ3) is 7.08. The summed E-state index contributed by atoms with van der Waals surface area (Å²) in [6, 6.07) is 12.8. The number of methoxy groups -OCH3 is 1. The Morgan fingerprint density at radius 2 is 1.89 bits per heavy atom. The van der Waals surface area contributed by atoms with Gasteiger partial charge in [-0.3, -0.25) is 0 Å². The third-order valence-corrected chi connectivity index (χ3v) is 6.92. The topological polar surface area (TPSA) is 53.0 Å². The molecule has 0 aromatic heterocycles. The van der Waals surface area contributed by atoms with Crippen molar-refractivity contribution in [3.05, 3.63) is 94.3 Å². The molecule has 0 aliphatic carbocycles. The van der Waals surface area contributed by atoms with Gasteiger partial charge in [0.25, 0.3) is 0 Å². The van der Waals surface area contributed by atoms with Crippen LogP contribution in [-0.4, -0.2) is 52.3 Å². The van der Waals surface area contributed by atoms with Crippen LogP contribution in [0.5, 0.6) is 0 Å². The number of ether oxygens (including phenoxy) is 1. The molecule has 1 aliphatic rings. The highest BCUT2D eigenvalue weighted by molar-refractivity contribution is 8.00. The van der Waals surface area contributed by atoms with Crippen LogP contribution in [0.2, 0.25) is 0 Å². The van der Waals surface area contributed by atoms with Crippen molar-refractivity contribution in [2.75, 3.05) is 26.0 Å². The Bertz CT molecular complexity index is 1070. The van der Waals surface area contributed by atoms with Crippen LogP contribution in [0, 0.1) is 11.6 Å². The molecule has 0 amide bonds. The molecule has 2 aromatic carbocycles. The lowest BCUT2D eigenvalue weighted by Crippen LogP contribution is -2.45. The lowest BCUT2D eigenvalue weighted by atomic mass is 10.0. The van der Waals surface area contributed by atoms with Gasteiger partial charge in [0.15, 0.2) is 0 Å². The molecule has 35 heavy (non-hydrogen) atoms. The number of rotatable bonds is 12. The summed E-state index contributed by atoms with van der Waals surface area (Å²) >= 11 is 1.53. The van der Waals surface area contributed by atoms with E-state index < -0.39 is 11.3 Å². The SMILES string of the molecule is CCSC1C(C(=O)O)=C(C)C=C(N(CCCOC)Cc2ccc(F)cc2)N1Cc1cccc(F)c1. The molecule has 188 valence electrons. The monoisotopic (exact) mass is 502 g/mol. The second-order valence-corrected chi connectivity index (χ2v) is 9.72. The lowest BCUT2D eigenvalue weighted by Gasteiger charge is -2.43. The van der Waals surface area contributed by atoms with Crippen molar-refractivity contribution in [1.82, 2.24) is 9.80 Å². The smallest absolute Gasteiger partial charge is 0.334 e. The van der Waals surface area contributed by atoms with Crippen molar-refractivity contribution in [2.24, 2.45) is 0 Å².